The Hall–Kier alpha value is -2.68. The van der Waals surface area contributed by atoms with E-state index in [-0.39, 0.29) is 36.0 Å². The average Bonchev–Trinajstić information content (AvgIpc) is 3.08. The SMILES string of the molecule is O=C1COC2(CCN(C(=O)c3cc4c([nH]c3=O)CCCC4)C2)CN1.O=CO. The van der Waals surface area contributed by atoms with E-state index >= 15 is 0 Å². The minimum absolute atomic E-state index is 0.0292. The predicted molar refractivity (Wildman–Crippen MR) is 94.6 cm³/mol. The van der Waals surface area contributed by atoms with Gasteiger partial charge in [-0.05, 0) is 43.7 Å². The van der Waals surface area contributed by atoms with Crippen molar-refractivity contribution in [3.05, 3.63) is 33.2 Å². The van der Waals surface area contributed by atoms with Crippen LogP contribution in [0.4, 0.5) is 0 Å². The number of amides is 2. The molecule has 2 aliphatic heterocycles. The fourth-order valence-electron chi connectivity index (χ4n) is 3.86. The average molecular weight is 377 g/mol. The van der Waals surface area contributed by atoms with E-state index in [2.05, 4.69) is 10.3 Å². The van der Waals surface area contributed by atoms with E-state index in [4.69, 9.17) is 14.6 Å². The number of carbonyl (C=O) groups is 3. The van der Waals surface area contributed by atoms with Gasteiger partial charge in [-0.15, -0.1) is 0 Å². The molecule has 9 nitrogen and oxygen atoms in total. The molecule has 1 unspecified atom stereocenters. The molecular formula is C18H23N3O6. The first-order valence-electron chi connectivity index (χ1n) is 9.01. The second-order valence-corrected chi connectivity index (χ2v) is 7.05. The highest BCUT2D eigenvalue weighted by Crippen LogP contribution is 2.28. The molecule has 146 valence electrons. The summed E-state index contributed by atoms with van der Waals surface area (Å²) in [6.07, 6.45) is 4.62. The first kappa shape index (κ1) is 19.1. The Balaban J connectivity index is 0.000000659. The van der Waals surface area contributed by atoms with Crippen LogP contribution in [0.15, 0.2) is 10.9 Å². The monoisotopic (exact) mass is 377 g/mol. The summed E-state index contributed by atoms with van der Waals surface area (Å²) in [7, 11) is 0. The zero-order valence-corrected chi connectivity index (χ0v) is 15.0. The number of rotatable bonds is 1. The number of aryl methyl sites for hydroxylation is 2. The van der Waals surface area contributed by atoms with Crippen molar-refractivity contribution in [2.75, 3.05) is 26.2 Å². The molecule has 1 aromatic heterocycles. The number of hydrogen-bond donors (Lipinski definition) is 3. The molecule has 4 rings (SSSR count). The third kappa shape index (κ3) is 4.02. The highest BCUT2D eigenvalue weighted by atomic mass is 16.5. The molecule has 2 fully saturated rings. The lowest BCUT2D eigenvalue weighted by Gasteiger charge is -2.33. The van der Waals surface area contributed by atoms with E-state index < -0.39 is 5.60 Å². The number of morpholine rings is 1. The summed E-state index contributed by atoms with van der Waals surface area (Å²) < 4.78 is 5.68. The lowest BCUT2D eigenvalue weighted by molar-refractivity contribution is -0.141. The van der Waals surface area contributed by atoms with Crippen molar-refractivity contribution in [3.63, 3.8) is 0 Å². The molecule has 0 bridgehead atoms. The molecule has 1 atom stereocenters. The van der Waals surface area contributed by atoms with Crippen molar-refractivity contribution in [3.8, 4) is 0 Å². The third-order valence-corrected chi connectivity index (χ3v) is 5.29. The van der Waals surface area contributed by atoms with Gasteiger partial charge in [-0.1, -0.05) is 0 Å². The highest BCUT2D eigenvalue weighted by molar-refractivity contribution is 5.94. The van der Waals surface area contributed by atoms with Gasteiger partial charge in [0.05, 0.1) is 6.54 Å². The number of H-pyrrole nitrogens is 1. The van der Waals surface area contributed by atoms with Crippen LogP contribution in [-0.4, -0.2) is 65.1 Å². The first-order chi connectivity index (χ1) is 13.0. The highest BCUT2D eigenvalue weighted by Gasteiger charge is 2.44. The number of nitrogens with zero attached hydrogens (tertiary/aromatic N) is 1. The van der Waals surface area contributed by atoms with Crippen LogP contribution in [0.25, 0.3) is 0 Å². The minimum Gasteiger partial charge on any atom is -0.483 e. The molecule has 3 N–H and O–H groups in total. The van der Waals surface area contributed by atoms with Crippen LogP contribution in [0, 0.1) is 0 Å². The van der Waals surface area contributed by atoms with Gasteiger partial charge in [0.15, 0.2) is 0 Å². The second-order valence-electron chi connectivity index (χ2n) is 7.05. The van der Waals surface area contributed by atoms with Crippen molar-refractivity contribution in [1.82, 2.24) is 15.2 Å². The maximum atomic E-state index is 12.8. The molecule has 0 radical (unpaired) electrons. The standard InChI is InChI=1S/C17H21N3O4.CH2O2/c21-14-8-24-17(9-18-14)5-6-20(10-17)16(23)12-7-11-3-1-2-4-13(11)19-15(12)22;2-1-3/h7H,1-6,8-10H2,(H,18,21)(H,19,22);1H,(H,2,3). The van der Waals surface area contributed by atoms with Gasteiger partial charge in [0, 0.05) is 18.8 Å². The molecule has 1 aliphatic carbocycles. The third-order valence-electron chi connectivity index (χ3n) is 5.29. The zero-order chi connectivity index (χ0) is 19.4. The molecule has 27 heavy (non-hydrogen) atoms. The van der Waals surface area contributed by atoms with Crippen LogP contribution in [0.5, 0.6) is 0 Å². The molecule has 2 amide bonds. The van der Waals surface area contributed by atoms with Crippen molar-refractivity contribution < 1.29 is 24.2 Å². The van der Waals surface area contributed by atoms with Gasteiger partial charge in [0.1, 0.15) is 17.8 Å². The van der Waals surface area contributed by atoms with Gasteiger partial charge in [0.25, 0.3) is 17.9 Å². The van der Waals surface area contributed by atoms with Crippen LogP contribution < -0.4 is 10.9 Å². The summed E-state index contributed by atoms with van der Waals surface area (Å²) in [5.41, 5.74) is 1.45. The number of fused-ring (bicyclic) bond motifs is 1. The lowest BCUT2D eigenvalue weighted by Crippen LogP contribution is -2.54. The quantitative estimate of drug-likeness (QED) is 0.576. The number of nitrogens with one attached hydrogen (secondary N) is 2. The molecule has 3 heterocycles. The normalized spacial score (nSPS) is 23.9. The fraction of sp³-hybridized carbons (Fsp3) is 0.556. The van der Waals surface area contributed by atoms with Gasteiger partial charge >= 0.3 is 0 Å². The maximum Gasteiger partial charge on any atom is 0.290 e. The Kier molecular flexibility index (Phi) is 5.59. The van der Waals surface area contributed by atoms with E-state index in [0.29, 0.717) is 26.1 Å². The van der Waals surface area contributed by atoms with Gasteiger partial charge < -0.3 is 25.0 Å². The Bertz CT molecular complexity index is 793. The van der Waals surface area contributed by atoms with Crippen LogP contribution in [0.3, 0.4) is 0 Å². The van der Waals surface area contributed by atoms with E-state index in [0.717, 1.165) is 36.9 Å². The van der Waals surface area contributed by atoms with Crippen LogP contribution in [0.1, 0.15) is 40.9 Å². The van der Waals surface area contributed by atoms with E-state index in [1.165, 1.54) is 0 Å². The number of pyridine rings is 1. The van der Waals surface area contributed by atoms with Gasteiger partial charge in [0.2, 0.25) is 5.91 Å². The summed E-state index contributed by atoms with van der Waals surface area (Å²) in [6, 6.07) is 1.77. The van der Waals surface area contributed by atoms with Crippen molar-refractivity contribution in [1.29, 1.82) is 0 Å². The molecule has 1 spiro atoms. The molecule has 2 saturated heterocycles. The number of aromatic amines is 1. The molecule has 0 saturated carbocycles. The van der Waals surface area contributed by atoms with Crippen molar-refractivity contribution in [2.24, 2.45) is 0 Å². The first-order valence-corrected chi connectivity index (χ1v) is 9.01. The second kappa shape index (κ2) is 7.91. The maximum absolute atomic E-state index is 12.8. The Morgan fingerprint density at radius 3 is 2.74 bits per heavy atom. The summed E-state index contributed by atoms with van der Waals surface area (Å²) in [5.74, 6) is -0.376. The van der Waals surface area contributed by atoms with Gasteiger partial charge in [-0.25, -0.2) is 0 Å². The van der Waals surface area contributed by atoms with Crippen LogP contribution >= 0.6 is 0 Å². The number of ether oxygens (including phenoxy) is 1. The van der Waals surface area contributed by atoms with Gasteiger partial charge in [-0.3, -0.25) is 19.2 Å². The Morgan fingerprint density at radius 1 is 1.30 bits per heavy atom. The number of likely N-dealkylation sites (tertiary alicyclic amines) is 1. The predicted octanol–water partition coefficient (Wildman–Crippen LogP) is -0.314. The summed E-state index contributed by atoms with van der Waals surface area (Å²) in [5, 5.41) is 9.69. The van der Waals surface area contributed by atoms with E-state index in [1.54, 1.807) is 11.0 Å². The smallest absolute Gasteiger partial charge is 0.290 e. The van der Waals surface area contributed by atoms with Gasteiger partial charge in [-0.2, -0.15) is 0 Å². The summed E-state index contributed by atoms with van der Waals surface area (Å²) in [6.45, 7) is 1.13. The number of aromatic nitrogens is 1. The zero-order valence-electron chi connectivity index (χ0n) is 15.0. The van der Waals surface area contributed by atoms with Crippen molar-refractivity contribution >= 4 is 18.3 Å². The minimum atomic E-state index is -0.509. The molecule has 0 aromatic carbocycles. The molecule has 3 aliphatic rings. The molecule has 9 heteroatoms. The van der Waals surface area contributed by atoms with E-state index in [9.17, 15) is 14.4 Å². The fourth-order valence-corrected chi connectivity index (χ4v) is 3.86. The summed E-state index contributed by atoms with van der Waals surface area (Å²) >= 11 is 0. The van der Waals surface area contributed by atoms with Crippen molar-refractivity contribution in [2.45, 2.75) is 37.7 Å². The topological polar surface area (TPSA) is 129 Å². The number of hydrogen-bond acceptors (Lipinski definition) is 5. The van der Waals surface area contributed by atoms with Crippen LogP contribution in [-0.2, 0) is 27.2 Å². The molecular weight excluding hydrogens is 354 g/mol. The van der Waals surface area contributed by atoms with E-state index in [1.807, 2.05) is 0 Å². The number of carbonyl (C=O) groups excluding carboxylic acids is 2. The summed E-state index contributed by atoms with van der Waals surface area (Å²) in [4.78, 5) is 49.3. The van der Waals surface area contributed by atoms with Crippen LogP contribution in [0.2, 0.25) is 0 Å². The largest absolute Gasteiger partial charge is 0.483 e. The lowest BCUT2D eigenvalue weighted by atomic mass is 9.95. The molecule has 1 aromatic rings. The Morgan fingerprint density at radius 2 is 2.04 bits per heavy atom. The number of carboxylic acid groups (broad SMARTS) is 1. The Labute approximate surface area is 155 Å².